The van der Waals surface area contributed by atoms with Crippen molar-refractivity contribution in [1.29, 1.82) is 0 Å². The molecule has 0 rings (SSSR count). The fourth-order valence-electron chi connectivity index (χ4n) is 5.25. The quantitative estimate of drug-likeness (QED) is 0.0406. The lowest BCUT2D eigenvalue weighted by Crippen LogP contribution is -2.27. The molecule has 0 saturated carbocycles. The van der Waals surface area contributed by atoms with E-state index >= 15 is 0 Å². The summed E-state index contributed by atoms with van der Waals surface area (Å²) in [6.45, 7) is 5.12. The van der Waals surface area contributed by atoms with E-state index in [4.69, 9.17) is 9.47 Å². The Hall–Kier alpha value is -2.43. The highest BCUT2D eigenvalue weighted by Crippen LogP contribution is 2.13. The molecule has 0 fully saturated rings. The van der Waals surface area contributed by atoms with E-state index in [1.165, 1.54) is 70.6 Å². The van der Waals surface area contributed by atoms with Gasteiger partial charge in [-0.15, -0.1) is 0 Å². The first kappa shape index (κ1) is 46.6. The van der Waals surface area contributed by atoms with Crippen LogP contribution in [0.3, 0.4) is 0 Å². The highest BCUT2D eigenvalue weighted by atomic mass is 16.6. The molecule has 0 bridgehead atoms. The maximum absolute atomic E-state index is 12.1. The van der Waals surface area contributed by atoms with Crippen LogP contribution in [-0.4, -0.2) is 37.0 Å². The van der Waals surface area contributed by atoms with Gasteiger partial charge in [0, 0.05) is 13.0 Å². The van der Waals surface area contributed by atoms with Crippen LogP contribution >= 0.6 is 0 Å². The molecule has 0 heterocycles. The summed E-state index contributed by atoms with van der Waals surface area (Å²) < 4.78 is 11.1. The van der Waals surface area contributed by atoms with Crippen molar-refractivity contribution >= 4 is 5.97 Å². The predicted octanol–water partition coefficient (Wildman–Crippen LogP) is 13.2. The van der Waals surface area contributed by atoms with E-state index < -0.39 is 6.10 Å². The van der Waals surface area contributed by atoms with Crippen molar-refractivity contribution in [2.45, 2.75) is 174 Å². The number of unbranched alkanes of at least 4 members (excludes halogenated alkanes) is 14. The van der Waals surface area contributed by atoms with E-state index in [9.17, 15) is 9.90 Å². The van der Waals surface area contributed by atoms with Crippen LogP contribution in [0.15, 0.2) is 85.1 Å². The normalized spacial score (nSPS) is 13.3. The third-order valence-corrected chi connectivity index (χ3v) is 8.23. The van der Waals surface area contributed by atoms with Crippen LogP contribution in [0.25, 0.3) is 0 Å². The zero-order valence-electron chi connectivity index (χ0n) is 31.9. The lowest BCUT2D eigenvalue weighted by atomic mass is 10.0. The average Bonchev–Trinajstić information content (AvgIpc) is 3.11. The lowest BCUT2D eigenvalue weighted by Gasteiger charge is -2.15. The highest BCUT2D eigenvalue weighted by Gasteiger charge is 2.13. The van der Waals surface area contributed by atoms with Crippen LogP contribution < -0.4 is 0 Å². The largest absolute Gasteiger partial charge is 0.457 e. The minimum absolute atomic E-state index is 0.193. The van der Waals surface area contributed by atoms with Gasteiger partial charge in [-0.05, 0) is 70.6 Å². The summed E-state index contributed by atoms with van der Waals surface area (Å²) >= 11 is 0. The van der Waals surface area contributed by atoms with Crippen LogP contribution in [0, 0.1) is 0 Å². The molecule has 1 atom stereocenters. The zero-order valence-corrected chi connectivity index (χ0v) is 31.9. The number of carbonyl (C=O) groups is 1. The molecule has 0 amide bonds. The van der Waals surface area contributed by atoms with E-state index in [1.54, 1.807) is 0 Å². The van der Waals surface area contributed by atoms with Gasteiger partial charge in [-0.25, -0.2) is 0 Å². The number of carbonyl (C=O) groups excluding carboxylic acids is 1. The van der Waals surface area contributed by atoms with Crippen molar-refractivity contribution in [3.8, 4) is 0 Å². The summed E-state index contributed by atoms with van der Waals surface area (Å²) in [5, 5.41) is 9.57. The molecule has 0 aliphatic heterocycles. The first-order valence-corrected chi connectivity index (χ1v) is 20.2. The van der Waals surface area contributed by atoms with Crippen molar-refractivity contribution in [1.82, 2.24) is 0 Å². The molecule has 49 heavy (non-hydrogen) atoms. The molecular weight excluding hydrogens is 604 g/mol. The van der Waals surface area contributed by atoms with Gasteiger partial charge < -0.3 is 14.6 Å². The van der Waals surface area contributed by atoms with Gasteiger partial charge >= 0.3 is 5.97 Å². The Morgan fingerprint density at radius 1 is 0.510 bits per heavy atom. The standard InChI is InChI=1S/C45H76O4/c1-3-5-7-9-11-13-15-17-18-19-20-21-22-23-24-25-26-27-29-31-33-35-37-39-41-48-43-44(42-46)49-45(47)40-38-36-34-32-30-28-16-14-12-10-8-6-4-2/h5,7,11,13,17-18,20-21,23-24,26-27,31,33,44,46H,3-4,6,8-10,12,14-16,19,22,25,28-30,32,34-43H2,1-2H3/b7-5-,13-11-,18-17-,21-20-,24-23-,27-26-,33-31-. The Bertz CT molecular complexity index is 892. The molecule has 1 N–H and O–H groups in total. The van der Waals surface area contributed by atoms with E-state index in [2.05, 4.69) is 98.9 Å². The van der Waals surface area contributed by atoms with E-state index in [1.807, 2.05) is 0 Å². The molecule has 0 aromatic heterocycles. The lowest BCUT2D eigenvalue weighted by molar-refractivity contribution is -0.154. The Morgan fingerprint density at radius 3 is 1.35 bits per heavy atom. The number of aliphatic hydroxyl groups excluding tert-OH is 1. The van der Waals surface area contributed by atoms with Crippen LogP contribution in [0.1, 0.15) is 168 Å². The monoisotopic (exact) mass is 681 g/mol. The SMILES string of the molecule is CC/C=C\C/C=C\C/C=C\C/C=C\C/C=C\C/C=C\C/C=C\CCCCOCC(CO)OC(=O)CCCCCCCCCCCCCCC. The predicted molar refractivity (Wildman–Crippen MR) is 214 cm³/mol. The molecule has 0 aliphatic rings. The molecule has 0 saturated heterocycles. The molecule has 0 radical (unpaired) electrons. The van der Waals surface area contributed by atoms with Gasteiger partial charge in [-0.3, -0.25) is 4.79 Å². The summed E-state index contributed by atoms with van der Waals surface area (Å²) in [6, 6.07) is 0. The summed E-state index contributed by atoms with van der Waals surface area (Å²) in [6.07, 6.45) is 57.8. The molecule has 0 aliphatic carbocycles. The first-order chi connectivity index (χ1) is 24.2. The van der Waals surface area contributed by atoms with Crippen molar-refractivity contribution in [3.05, 3.63) is 85.1 Å². The maximum atomic E-state index is 12.1. The molecule has 1 unspecified atom stereocenters. The van der Waals surface area contributed by atoms with E-state index in [0.717, 1.165) is 77.0 Å². The van der Waals surface area contributed by atoms with Crippen LogP contribution in [-0.2, 0) is 14.3 Å². The van der Waals surface area contributed by atoms with Gasteiger partial charge in [-0.1, -0.05) is 176 Å². The minimum Gasteiger partial charge on any atom is -0.457 e. The highest BCUT2D eigenvalue weighted by molar-refractivity contribution is 5.69. The smallest absolute Gasteiger partial charge is 0.306 e. The summed E-state index contributed by atoms with van der Waals surface area (Å²) in [4.78, 5) is 12.1. The van der Waals surface area contributed by atoms with Crippen LogP contribution in [0.4, 0.5) is 0 Å². The number of esters is 1. The van der Waals surface area contributed by atoms with Crippen LogP contribution in [0.2, 0.25) is 0 Å². The number of hydrogen-bond acceptors (Lipinski definition) is 4. The third-order valence-electron chi connectivity index (χ3n) is 8.23. The molecular formula is C45H76O4. The third kappa shape index (κ3) is 39.9. The summed E-state index contributed by atoms with van der Waals surface area (Å²) in [5.41, 5.74) is 0. The topological polar surface area (TPSA) is 55.8 Å². The summed E-state index contributed by atoms with van der Waals surface area (Å²) in [7, 11) is 0. The second kappa shape index (κ2) is 41.7. The molecule has 4 heteroatoms. The Labute approximate surface area is 303 Å². The Kier molecular flexibility index (Phi) is 39.7. The van der Waals surface area contributed by atoms with Gasteiger partial charge in [0.1, 0.15) is 6.10 Å². The van der Waals surface area contributed by atoms with Gasteiger partial charge in [0.05, 0.1) is 13.2 Å². The number of hydrogen-bond donors (Lipinski definition) is 1. The second-order valence-corrected chi connectivity index (χ2v) is 13.0. The Balaban J connectivity index is 3.59. The number of rotatable bonds is 36. The number of allylic oxidation sites excluding steroid dienone is 14. The van der Waals surface area contributed by atoms with Gasteiger partial charge in [-0.2, -0.15) is 0 Å². The van der Waals surface area contributed by atoms with E-state index in [0.29, 0.717) is 13.0 Å². The molecule has 0 spiro atoms. The average molecular weight is 681 g/mol. The van der Waals surface area contributed by atoms with Gasteiger partial charge in [0.15, 0.2) is 0 Å². The molecule has 280 valence electrons. The molecule has 0 aromatic carbocycles. The van der Waals surface area contributed by atoms with Gasteiger partial charge in [0.25, 0.3) is 0 Å². The van der Waals surface area contributed by atoms with Crippen LogP contribution in [0.5, 0.6) is 0 Å². The van der Waals surface area contributed by atoms with Crippen molar-refractivity contribution < 1.29 is 19.4 Å². The fraction of sp³-hybridized carbons (Fsp3) is 0.667. The number of aliphatic hydroxyl groups is 1. The maximum Gasteiger partial charge on any atom is 0.306 e. The summed E-state index contributed by atoms with van der Waals surface area (Å²) in [5.74, 6) is -0.220. The molecule has 0 aromatic rings. The first-order valence-electron chi connectivity index (χ1n) is 20.2. The number of ether oxygens (including phenoxy) is 2. The zero-order chi connectivity index (χ0) is 35.6. The Morgan fingerprint density at radius 2 is 0.918 bits per heavy atom. The van der Waals surface area contributed by atoms with E-state index in [-0.39, 0.29) is 19.2 Å². The fourth-order valence-corrected chi connectivity index (χ4v) is 5.25. The van der Waals surface area contributed by atoms with Crippen molar-refractivity contribution in [2.75, 3.05) is 19.8 Å². The molecule has 4 nitrogen and oxygen atoms in total. The van der Waals surface area contributed by atoms with Crippen molar-refractivity contribution in [2.24, 2.45) is 0 Å². The van der Waals surface area contributed by atoms with Crippen molar-refractivity contribution in [3.63, 3.8) is 0 Å². The second-order valence-electron chi connectivity index (χ2n) is 13.0. The van der Waals surface area contributed by atoms with Gasteiger partial charge in [0.2, 0.25) is 0 Å². The minimum atomic E-state index is -0.559.